The Balaban J connectivity index is 1.49. The van der Waals surface area contributed by atoms with Gasteiger partial charge >= 0.3 is 0 Å². The van der Waals surface area contributed by atoms with E-state index in [1.165, 1.54) is 6.26 Å². The Morgan fingerprint density at radius 1 is 0.960 bits per heavy atom. The maximum absolute atomic E-state index is 11.6. The van der Waals surface area contributed by atoms with E-state index in [-0.39, 0.29) is 0 Å². The molecule has 0 saturated carbocycles. The smallest absolute Gasteiger partial charge is 0.175 e. The third kappa shape index (κ3) is 3.19. The van der Waals surface area contributed by atoms with Crippen molar-refractivity contribution in [3.8, 4) is 0 Å². The van der Waals surface area contributed by atoms with Crippen LogP contribution in [0.4, 0.5) is 11.5 Å². The minimum Gasteiger partial charge on any atom is -0.368 e. The second-order valence-corrected chi connectivity index (χ2v) is 9.00. The van der Waals surface area contributed by atoms with Gasteiger partial charge in [0.05, 0.1) is 15.1 Å². The first-order chi connectivity index (χ1) is 12.0. The van der Waals surface area contributed by atoms with Gasteiger partial charge in [-0.1, -0.05) is 0 Å². The van der Waals surface area contributed by atoms with Gasteiger partial charge in [-0.3, -0.25) is 0 Å². The second-order valence-electron chi connectivity index (χ2n) is 6.07. The van der Waals surface area contributed by atoms with E-state index in [0.29, 0.717) is 4.90 Å². The third-order valence-corrected chi connectivity index (χ3v) is 6.46. The SMILES string of the molecule is CS(=O)(=O)c1ccc(N2CCN(c3ncnc4ccsc34)CC2)cc1. The summed E-state index contributed by atoms with van der Waals surface area (Å²) in [6, 6.07) is 9.14. The van der Waals surface area contributed by atoms with E-state index < -0.39 is 9.84 Å². The fourth-order valence-corrected chi connectivity index (χ4v) is 4.57. The summed E-state index contributed by atoms with van der Waals surface area (Å²) in [5.74, 6) is 1.01. The number of sulfone groups is 1. The first kappa shape index (κ1) is 16.3. The van der Waals surface area contributed by atoms with Crippen molar-refractivity contribution in [1.82, 2.24) is 9.97 Å². The quantitative estimate of drug-likeness (QED) is 0.701. The van der Waals surface area contributed by atoms with Crippen molar-refractivity contribution in [3.05, 3.63) is 42.0 Å². The molecule has 8 heteroatoms. The molecule has 0 aliphatic carbocycles. The highest BCUT2D eigenvalue weighted by Crippen LogP contribution is 2.29. The molecule has 1 aliphatic heterocycles. The topological polar surface area (TPSA) is 66.4 Å². The summed E-state index contributed by atoms with van der Waals surface area (Å²) >= 11 is 1.67. The summed E-state index contributed by atoms with van der Waals surface area (Å²) in [5, 5.41) is 2.04. The number of anilines is 2. The molecule has 1 fully saturated rings. The summed E-state index contributed by atoms with van der Waals surface area (Å²) in [6.45, 7) is 3.49. The van der Waals surface area contributed by atoms with Gasteiger partial charge in [0.25, 0.3) is 0 Å². The van der Waals surface area contributed by atoms with Crippen molar-refractivity contribution in [2.45, 2.75) is 4.90 Å². The van der Waals surface area contributed by atoms with Gasteiger partial charge < -0.3 is 9.80 Å². The van der Waals surface area contributed by atoms with Crippen LogP contribution in [0.2, 0.25) is 0 Å². The number of hydrogen-bond acceptors (Lipinski definition) is 7. The van der Waals surface area contributed by atoms with Gasteiger partial charge in [0.15, 0.2) is 9.84 Å². The van der Waals surface area contributed by atoms with E-state index in [2.05, 4.69) is 19.8 Å². The Labute approximate surface area is 150 Å². The van der Waals surface area contributed by atoms with Crippen molar-refractivity contribution in [2.75, 3.05) is 42.2 Å². The van der Waals surface area contributed by atoms with Crippen molar-refractivity contribution in [3.63, 3.8) is 0 Å². The molecule has 1 aromatic carbocycles. The van der Waals surface area contributed by atoms with E-state index >= 15 is 0 Å². The predicted molar refractivity (Wildman–Crippen MR) is 101 cm³/mol. The number of benzene rings is 1. The molecule has 3 aromatic rings. The van der Waals surface area contributed by atoms with Crippen LogP contribution in [0.3, 0.4) is 0 Å². The van der Waals surface area contributed by atoms with Crippen LogP contribution in [0.1, 0.15) is 0 Å². The molecule has 0 amide bonds. The lowest BCUT2D eigenvalue weighted by atomic mass is 10.2. The van der Waals surface area contributed by atoms with E-state index in [4.69, 9.17) is 0 Å². The monoisotopic (exact) mass is 374 g/mol. The first-order valence-corrected chi connectivity index (χ1v) is 10.8. The Morgan fingerprint density at radius 2 is 1.64 bits per heavy atom. The number of nitrogens with zero attached hydrogens (tertiary/aromatic N) is 4. The Kier molecular flexibility index (Phi) is 4.09. The molecule has 0 bridgehead atoms. The standard InChI is InChI=1S/C17H18N4O2S2/c1-25(22,23)14-4-2-13(3-5-14)20-7-9-21(10-8-20)17-16-15(6-11-24-16)18-12-19-17/h2-6,11-12H,7-10H2,1H3. The minimum atomic E-state index is -3.15. The molecule has 25 heavy (non-hydrogen) atoms. The summed E-state index contributed by atoms with van der Waals surface area (Å²) < 4.78 is 24.3. The molecule has 0 spiro atoms. The van der Waals surface area contributed by atoms with E-state index in [9.17, 15) is 8.42 Å². The van der Waals surface area contributed by atoms with Gasteiger partial charge in [-0.05, 0) is 35.7 Å². The van der Waals surface area contributed by atoms with Gasteiger partial charge in [-0.2, -0.15) is 0 Å². The summed E-state index contributed by atoms with van der Waals surface area (Å²) in [4.78, 5) is 13.7. The molecular weight excluding hydrogens is 356 g/mol. The molecule has 3 heterocycles. The molecule has 0 unspecified atom stereocenters. The number of rotatable bonds is 3. The van der Waals surface area contributed by atoms with Crippen LogP contribution in [-0.4, -0.2) is 50.8 Å². The highest BCUT2D eigenvalue weighted by atomic mass is 32.2. The van der Waals surface area contributed by atoms with Gasteiger partial charge in [0.1, 0.15) is 12.1 Å². The zero-order chi connectivity index (χ0) is 17.4. The van der Waals surface area contributed by atoms with Crippen molar-refractivity contribution in [2.24, 2.45) is 0 Å². The molecule has 0 radical (unpaired) electrons. The van der Waals surface area contributed by atoms with Crippen LogP contribution >= 0.6 is 11.3 Å². The van der Waals surface area contributed by atoms with E-state index in [1.54, 1.807) is 29.8 Å². The highest BCUT2D eigenvalue weighted by Gasteiger charge is 2.21. The molecule has 0 atom stereocenters. The summed E-state index contributed by atoms with van der Waals surface area (Å²) in [6.07, 6.45) is 2.86. The van der Waals surface area contributed by atoms with Gasteiger partial charge in [0.2, 0.25) is 0 Å². The lowest BCUT2D eigenvalue weighted by Crippen LogP contribution is -2.46. The number of piperazine rings is 1. The normalized spacial score (nSPS) is 15.7. The fraction of sp³-hybridized carbons (Fsp3) is 0.294. The van der Waals surface area contributed by atoms with Crippen molar-refractivity contribution < 1.29 is 8.42 Å². The number of hydrogen-bond donors (Lipinski definition) is 0. The molecule has 130 valence electrons. The fourth-order valence-electron chi connectivity index (χ4n) is 3.08. The largest absolute Gasteiger partial charge is 0.368 e. The van der Waals surface area contributed by atoms with Crippen molar-refractivity contribution in [1.29, 1.82) is 0 Å². The maximum Gasteiger partial charge on any atom is 0.175 e. The number of fused-ring (bicyclic) bond motifs is 1. The van der Waals surface area contributed by atoms with Gasteiger partial charge in [0, 0.05) is 38.1 Å². The second kappa shape index (κ2) is 6.27. The predicted octanol–water partition coefficient (Wildman–Crippen LogP) is 2.42. The van der Waals surface area contributed by atoms with Gasteiger partial charge in [-0.15, -0.1) is 11.3 Å². The number of thiophene rings is 1. The Hall–Kier alpha value is -2.19. The summed E-state index contributed by atoms with van der Waals surface area (Å²) in [7, 11) is -3.15. The maximum atomic E-state index is 11.6. The summed E-state index contributed by atoms with van der Waals surface area (Å²) in [5.41, 5.74) is 2.05. The van der Waals surface area contributed by atoms with Crippen molar-refractivity contribution >= 4 is 42.9 Å². The Morgan fingerprint density at radius 3 is 2.32 bits per heavy atom. The van der Waals surface area contributed by atoms with Crippen LogP contribution < -0.4 is 9.80 Å². The molecule has 1 aliphatic rings. The van der Waals surface area contributed by atoms with E-state index in [1.807, 2.05) is 23.6 Å². The lowest BCUT2D eigenvalue weighted by Gasteiger charge is -2.36. The van der Waals surface area contributed by atoms with E-state index in [0.717, 1.165) is 47.9 Å². The van der Waals surface area contributed by atoms with Crippen LogP contribution in [0.15, 0.2) is 46.9 Å². The van der Waals surface area contributed by atoms with Crippen LogP contribution in [0, 0.1) is 0 Å². The molecular formula is C17H18N4O2S2. The average molecular weight is 374 g/mol. The highest BCUT2D eigenvalue weighted by molar-refractivity contribution is 7.90. The Bertz CT molecular complexity index is 991. The van der Waals surface area contributed by atoms with Crippen LogP contribution in [0.5, 0.6) is 0 Å². The van der Waals surface area contributed by atoms with Gasteiger partial charge in [-0.25, -0.2) is 18.4 Å². The average Bonchev–Trinajstić information content (AvgIpc) is 3.10. The number of aromatic nitrogens is 2. The third-order valence-electron chi connectivity index (χ3n) is 4.43. The molecule has 2 aromatic heterocycles. The molecule has 4 rings (SSSR count). The first-order valence-electron chi connectivity index (χ1n) is 8.00. The van der Waals surface area contributed by atoms with Crippen LogP contribution in [-0.2, 0) is 9.84 Å². The lowest BCUT2D eigenvalue weighted by molar-refractivity contribution is 0.602. The molecule has 1 saturated heterocycles. The minimum absolute atomic E-state index is 0.357. The zero-order valence-corrected chi connectivity index (χ0v) is 15.4. The molecule has 0 N–H and O–H groups in total. The molecule has 6 nitrogen and oxygen atoms in total. The van der Waals surface area contributed by atoms with Crippen LogP contribution in [0.25, 0.3) is 10.2 Å². The zero-order valence-electron chi connectivity index (χ0n) is 13.8.